The van der Waals surface area contributed by atoms with Crippen molar-refractivity contribution in [2.45, 2.75) is 60.8 Å². The molecule has 0 heterocycles. The van der Waals surface area contributed by atoms with E-state index in [1.807, 2.05) is 0 Å². The van der Waals surface area contributed by atoms with E-state index in [2.05, 4.69) is 41.5 Å². The first-order valence-electron chi connectivity index (χ1n) is 6.02. The van der Waals surface area contributed by atoms with Crippen LogP contribution in [0.2, 0.25) is 0 Å². The van der Waals surface area contributed by atoms with Gasteiger partial charge in [0.05, 0.1) is 0 Å². The lowest BCUT2D eigenvalue weighted by molar-refractivity contribution is 0.205. The van der Waals surface area contributed by atoms with Gasteiger partial charge < -0.3 is 0 Å². The van der Waals surface area contributed by atoms with E-state index in [0.29, 0.717) is 0 Å². The van der Waals surface area contributed by atoms with Gasteiger partial charge >= 0.3 is 0 Å². The maximum Gasteiger partial charge on any atom is -0.0360 e. The quantitative estimate of drug-likeness (QED) is 0.559. The van der Waals surface area contributed by atoms with Crippen LogP contribution < -0.4 is 0 Å². The van der Waals surface area contributed by atoms with Crippen molar-refractivity contribution in [3.05, 3.63) is 0 Å². The van der Waals surface area contributed by atoms with Crippen LogP contribution in [0.4, 0.5) is 0 Å². The van der Waals surface area contributed by atoms with Crippen molar-refractivity contribution in [2.24, 2.45) is 23.7 Å². The molecule has 0 aromatic rings. The van der Waals surface area contributed by atoms with E-state index >= 15 is 0 Å². The van der Waals surface area contributed by atoms with E-state index < -0.39 is 0 Å². The summed E-state index contributed by atoms with van der Waals surface area (Å²) in [6.45, 7) is 14.2. The SMILES string of the molecule is CCC(C)C(CC(C)C)C(C)CC. The molecule has 13 heavy (non-hydrogen) atoms. The minimum absolute atomic E-state index is 0.855. The van der Waals surface area contributed by atoms with Gasteiger partial charge in [-0.2, -0.15) is 0 Å². The monoisotopic (exact) mass is 184 g/mol. The van der Waals surface area contributed by atoms with Crippen LogP contribution in [0.25, 0.3) is 0 Å². The van der Waals surface area contributed by atoms with Crippen LogP contribution in [0, 0.1) is 23.7 Å². The molecule has 0 radical (unpaired) electrons. The summed E-state index contributed by atoms with van der Waals surface area (Å²) in [5.41, 5.74) is 0. The Bertz CT molecular complexity index is 105. The Morgan fingerprint density at radius 2 is 1.15 bits per heavy atom. The van der Waals surface area contributed by atoms with E-state index in [1.54, 1.807) is 0 Å². The van der Waals surface area contributed by atoms with Gasteiger partial charge in [0.25, 0.3) is 0 Å². The Balaban J connectivity index is 4.17. The van der Waals surface area contributed by atoms with Crippen LogP contribution in [-0.4, -0.2) is 0 Å². The summed E-state index contributed by atoms with van der Waals surface area (Å²) in [7, 11) is 0. The van der Waals surface area contributed by atoms with Crippen molar-refractivity contribution in [3.8, 4) is 0 Å². The van der Waals surface area contributed by atoms with Gasteiger partial charge in [0.1, 0.15) is 0 Å². The highest BCUT2D eigenvalue weighted by atomic mass is 14.3. The Morgan fingerprint density at radius 3 is 1.38 bits per heavy atom. The fourth-order valence-corrected chi connectivity index (χ4v) is 2.18. The molecule has 0 aromatic carbocycles. The summed E-state index contributed by atoms with van der Waals surface area (Å²) in [4.78, 5) is 0. The summed E-state index contributed by atoms with van der Waals surface area (Å²) in [6.07, 6.45) is 4.08. The highest BCUT2D eigenvalue weighted by Gasteiger charge is 2.21. The zero-order valence-corrected chi connectivity index (χ0v) is 10.4. The van der Waals surface area contributed by atoms with Crippen LogP contribution >= 0.6 is 0 Å². The van der Waals surface area contributed by atoms with Gasteiger partial charge in [0.15, 0.2) is 0 Å². The largest absolute Gasteiger partial charge is 0.0651 e. The molecule has 0 amide bonds. The lowest BCUT2D eigenvalue weighted by Gasteiger charge is -2.30. The highest BCUT2D eigenvalue weighted by molar-refractivity contribution is 4.72. The average molecular weight is 184 g/mol. The molecule has 0 fully saturated rings. The molecule has 0 heteroatoms. The van der Waals surface area contributed by atoms with Crippen molar-refractivity contribution in [1.82, 2.24) is 0 Å². The fourth-order valence-electron chi connectivity index (χ4n) is 2.18. The van der Waals surface area contributed by atoms with E-state index in [-0.39, 0.29) is 0 Å². The molecule has 0 aliphatic rings. The third-order valence-electron chi connectivity index (χ3n) is 3.49. The van der Waals surface area contributed by atoms with Gasteiger partial charge in [0.2, 0.25) is 0 Å². The average Bonchev–Trinajstić information content (AvgIpc) is 2.11. The third kappa shape index (κ3) is 4.69. The van der Waals surface area contributed by atoms with Crippen molar-refractivity contribution in [1.29, 1.82) is 0 Å². The second-order valence-corrected chi connectivity index (χ2v) is 5.06. The molecule has 2 atom stereocenters. The van der Waals surface area contributed by atoms with E-state index in [0.717, 1.165) is 23.7 Å². The summed E-state index contributed by atoms with van der Waals surface area (Å²) in [5.74, 6) is 3.60. The normalized spacial score (nSPS) is 18.7. The van der Waals surface area contributed by atoms with Gasteiger partial charge in [-0.25, -0.2) is 0 Å². The molecule has 0 nitrogen and oxygen atoms in total. The molecule has 0 aliphatic carbocycles. The second-order valence-electron chi connectivity index (χ2n) is 5.06. The van der Waals surface area contributed by atoms with Crippen molar-refractivity contribution in [2.75, 3.05) is 0 Å². The Labute approximate surface area is 85.1 Å². The highest BCUT2D eigenvalue weighted by Crippen LogP contribution is 2.31. The van der Waals surface area contributed by atoms with Crippen LogP contribution in [0.15, 0.2) is 0 Å². The summed E-state index contributed by atoms with van der Waals surface area (Å²) in [5, 5.41) is 0. The Morgan fingerprint density at radius 1 is 0.769 bits per heavy atom. The molecule has 0 saturated carbocycles. The zero-order valence-electron chi connectivity index (χ0n) is 10.4. The molecular formula is C13H28. The smallest absolute Gasteiger partial charge is 0.0360 e. The maximum absolute atomic E-state index is 2.42. The van der Waals surface area contributed by atoms with Crippen molar-refractivity contribution < 1.29 is 0 Å². The van der Waals surface area contributed by atoms with Crippen molar-refractivity contribution in [3.63, 3.8) is 0 Å². The fraction of sp³-hybridized carbons (Fsp3) is 1.00. The summed E-state index contributed by atoms with van der Waals surface area (Å²) < 4.78 is 0. The van der Waals surface area contributed by atoms with Crippen LogP contribution in [0.1, 0.15) is 60.8 Å². The van der Waals surface area contributed by atoms with Gasteiger partial charge in [-0.15, -0.1) is 0 Å². The predicted octanol–water partition coefficient (Wildman–Crippen LogP) is 4.74. The third-order valence-corrected chi connectivity index (χ3v) is 3.49. The lowest BCUT2D eigenvalue weighted by Crippen LogP contribution is -2.20. The van der Waals surface area contributed by atoms with Crippen LogP contribution in [0.5, 0.6) is 0 Å². The summed E-state index contributed by atoms with van der Waals surface area (Å²) in [6, 6.07) is 0. The standard InChI is InChI=1S/C13H28/c1-7-11(5)13(9-10(3)4)12(6)8-2/h10-13H,7-9H2,1-6H3. The first kappa shape index (κ1) is 13.0. The first-order valence-corrected chi connectivity index (χ1v) is 6.02. The van der Waals surface area contributed by atoms with Crippen LogP contribution in [0.3, 0.4) is 0 Å². The van der Waals surface area contributed by atoms with E-state index in [1.165, 1.54) is 19.3 Å². The second kappa shape index (κ2) is 6.45. The minimum Gasteiger partial charge on any atom is -0.0651 e. The molecular weight excluding hydrogens is 156 g/mol. The zero-order chi connectivity index (χ0) is 10.4. The maximum atomic E-state index is 2.42. The number of hydrogen-bond acceptors (Lipinski definition) is 0. The lowest BCUT2D eigenvalue weighted by atomic mass is 9.76. The topological polar surface area (TPSA) is 0 Å². The van der Waals surface area contributed by atoms with E-state index in [9.17, 15) is 0 Å². The Hall–Kier alpha value is 0. The molecule has 0 aromatic heterocycles. The summed E-state index contributed by atoms with van der Waals surface area (Å²) >= 11 is 0. The van der Waals surface area contributed by atoms with Gasteiger partial charge in [0, 0.05) is 0 Å². The first-order chi connectivity index (χ1) is 6.02. The molecule has 0 aliphatic heterocycles. The molecule has 2 unspecified atom stereocenters. The molecule has 0 saturated heterocycles. The van der Waals surface area contributed by atoms with Crippen molar-refractivity contribution >= 4 is 0 Å². The number of rotatable bonds is 6. The number of hydrogen-bond donors (Lipinski definition) is 0. The van der Waals surface area contributed by atoms with Crippen LogP contribution in [-0.2, 0) is 0 Å². The molecule has 80 valence electrons. The van der Waals surface area contributed by atoms with Gasteiger partial charge in [-0.05, 0) is 30.1 Å². The van der Waals surface area contributed by atoms with E-state index in [4.69, 9.17) is 0 Å². The predicted molar refractivity (Wildman–Crippen MR) is 61.9 cm³/mol. The van der Waals surface area contributed by atoms with Gasteiger partial charge in [-0.1, -0.05) is 54.4 Å². The molecule has 0 spiro atoms. The molecule has 0 rings (SSSR count). The van der Waals surface area contributed by atoms with Gasteiger partial charge in [-0.3, -0.25) is 0 Å². The Kier molecular flexibility index (Phi) is 6.45. The molecule has 0 bridgehead atoms. The molecule has 0 N–H and O–H groups in total. The minimum atomic E-state index is 0.855.